The molecule has 2 aliphatic rings. The van der Waals surface area contributed by atoms with Gasteiger partial charge in [-0.3, -0.25) is 0 Å². The van der Waals surface area contributed by atoms with E-state index in [1.54, 1.807) is 0 Å². The molecule has 0 spiro atoms. The molecule has 0 heterocycles. The average molecular weight is 684 g/mol. The Bertz CT molecular complexity index is 1610. The van der Waals surface area contributed by atoms with Gasteiger partial charge in [0.25, 0.3) is 0 Å². The first-order chi connectivity index (χ1) is 20.3. The Morgan fingerprint density at radius 2 is 1.02 bits per heavy atom. The van der Waals surface area contributed by atoms with Gasteiger partial charge in [0.1, 0.15) is 0 Å². The van der Waals surface area contributed by atoms with Crippen molar-refractivity contribution >= 4 is 46.2 Å². The Labute approximate surface area is 259 Å². The quantitative estimate of drug-likeness (QED) is 0.122. The van der Waals surface area contributed by atoms with E-state index >= 15 is 0 Å². The van der Waals surface area contributed by atoms with E-state index in [1.807, 2.05) is 12.2 Å². The summed E-state index contributed by atoms with van der Waals surface area (Å²) in [6.07, 6.45) is 10.4. The Morgan fingerprint density at radius 1 is 0.619 bits per heavy atom. The normalized spacial score (nSPS) is 18.5. The first-order valence-electron chi connectivity index (χ1n) is 14.9. The number of rotatable bonds is 9. The predicted octanol–water partition coefficient (Wildman–Crippen LogP) is 11.0. The summed E-state index contributed by atoms with van der Waals surface area (Å²) in [7, 11) is 17.3. The summed E-state index contributed by atoms with van der Waals surface area (Å²) in [5.41, 5.74) is 12.7. The van der Waals surface area contributed by atoms with Crippen LogP contribution < -0.4 is 0 Å². The standard InChI is InChI=1S/2C18H15.C2H7Si.2ClH.Zr/c2*1-2-7-15-10-6-11-16-12-17(13-18(15)16)14-8-4-3-5-9-14;1-3-2;;;/h2*2-6,8-13H,1,7H2;3H,1-2H3;2*1H;/q;;;;;+2/p-2. The van der Waals surface area contributed by atoms with Crippen LogP contribution in [-0.4, -0.2) is 5.92 Å². The van der Waals surface area contributed by atoms with Gasteiger partial charge >= 0.3 is 262 Å². The molecule has 0 bridgehead atoms. The minimum atomic E-state index is -4.97. The molecule has 4 aromatic carbocycles. The summed E-state index contributed by atoms with van der Waals surface area (Å²) < 4.78 is -0.0375. The van der Waals surface area contributed by atoms with E-state index < -0.39 is 21.5 Å². The van der Waals surface area contributed by atoms with Gasteiger partial charge in [0, 0.05) is 0 Å². The van der Waals surface area contributed by atoms with Gasteiger partial charge in [-0.1, -0.05) is 0 Å². The molecule has 0 saturated heterocycles. The van der Waals surface area contributed by atoms with E-state index in [9.17, 15) is 0 Å². The van der Waals surface area contributed by atoms with E-state index in [0.717, 1.165) is 12.8 Å². The van der Waals surface area contributed by atoms with Crippen molar-refractivity contribution in [2.75, 3.05) is 0 Å². The van der Waals surface area contributed by atoms with Crippen LogP contribution in [0, 0.1) is 0 Å². The topological polar surface area (TPSA) is 0 Å². The SMILES string of the molecule is C=CCc1cccc2c1C=C(c1ccccc1)[CH]2[Zr]([Cl])([Cl])([CH]1C(c2ccccc2)=Cc2c(CC=C)cccc21)[SiH](C)C. The molecule has 2 unspecified atom stereocenters. The van der Waals surface area contributed by atoms with Crippen LogP contribution in [0.5, 0.6) is 0 Å². The fourth-order valence-electron chi connectivity index (χ4n) is 7.38. The van der Waals surface area contributed by atoms with Crippen LogP contribution in [0.25, 0.3) is 23.3 Å². The molecule has 4 heteroatoms. The molecule has 0 saturated carbocycles. The Balaban J connectivity index is 1.68. The molecule has 2 aliphatic carbocycles. The summed E-state index contributed by atoms with van der Waals surface area (Å²) >= 11 is -4.97. The second kappa shape index (κ2) is 11.5. The van der Waals surface area contributed by atoms with Gasteiger partial charge in [0.05, 0.1) is 0 Å². The third-order valence-corrected chi connectivity index (χ3v) is 61.0. The van der Waals surface area contributed by atoms with E-state index in [4.69, 9.17) is 17.0 Å². The summed E-state index contributed by atoms with van der Waals surface area (Å²) in [6, 6.07) is 35.0. The maximum absolute atomic E-state index is 8.66. The molecule has 4 aromatic rings. The van der Waals surface area contributed by atoms with Gasteiger partial charge in [0.2, 0.25) is 0 Å². The fourth-order valence-corrected chi connectivity index (χ4v) is 37.5. The monoisotopic (exact) mass is 681 g/mol. The second-order valence-electron chi connectivity index (χ2n) is 12.0. The third-order valence-electron chi connectivity index (χ3n) is 9.45. The van der Waals surface area contributed by atoms with E-state index in [0.29, 0.717) is 0 Å². The zero-order valence-corrected chi connectivity index (χ0v) is 29.5. The molecule has 0 fully saturated rings. The Hall–Kier alpha value is -2.48. The number of halogens is 2. The number of hydrogen-bond donors (Lipinski definition) is 0. The summed E-state index contributed by atoms with van der Waals surface area (Å²) in [5.74, 6) is -1.71. The van der Waals surface area contributed by atoms with Gasteiger partial charge in [-0.15, -0.1) is 0 Å². The molecular formula is C38H37Cl2SiZr. The van der Waals surface area contributed by atoms with Crippen LogP contribution in [0.2, 0.25) is 13.1 Å². The van der Waals surface area contributed by atoms with Gasteiger partial charge in [-0.2, -0.15) is 0 Å². The minimum absolute atomic E-state index is 0.0188. The van der Waals surface area contributed by atoms with E-state index in [2.05, 4.69) is 135 Å². The summed E-state index contributed by atoms with van der Waals surface area (Å²) in [4.78, 5) is 0. The van der Waals surface area contributed by atoms with Crippen molar-refractivity contribution in [2.45, 2.75) is 33.2 Å². The predicted molar refractivity (Wildman–Crippen MR) is 185 cm³/mol. The molecule has 0 N–H and O–H groups in total. The molecule has 211 valence electrons. The van der Waals surface area contributed by atoms with Gasteiger partial charge in [-0.25, -0.2) is 0 Å². The van der Waals surface area contributed by atoms with Gasteiger partial charge in [0.15, 0.2) is 0 Å². The maximum atomic E-state index is 8.66. The first kappa shape index (κ1) is 29.6. The molecule has 2 atom stereocenters. The molecule has 6 rings (SSSR count). The number of fused-ring (bicyclic) bond motifs is 2. The second-order valence-corrected chi connectivity index (χ2v) is 54.5. The summed E-state index contributed by atoms with van der Waals surface area (Å²) in [6.45, 7) is 12.9. The molecule has 0 nitrogen and oxygen atoms in total. The number of benzene rings is 4. The molecule has 0 radical (unpaired) electrons. The van der Waals surface area contributed by atoms with Crippen molar-refractivity contribution in [2.24, 2.45) is 0 Å². The molecule has 0 aromatic heterocycles. The van der Waals surface area contributed by atoms with Crippen molar-refractivity contribution in [3.05, 3.63) is 167 Å². The van der Waals surface area contributed by atoms with Crippen LogP contribution >= 0.6 is 17.0 Å². The van der Waals surface area contributed by atoms with Gasteiger partial charge < -0.3 is 0 Å². The molecule has 0 amide bonds. The number of hydrogen-bond acceptors (Lipinski definition) is 0. The zero-order chi connectivity index (χ0) is 29.5. The third kappa shape index (κ3) is 4.67. The van der Waals surface area contributed by atoms with Crippen LogP contribution in [0.3, 0.4) is 0 Å². The zero-order valence-electron chi connectivity index (χ0n) is 24.4. The Kier molecular flexibility index (Phi) is 8.14. The van der Waals surface area contributed by atoms with Crippen LogP contribution in [0.1, 0.15) is 51.8 Å². The molecule has 0 aliphatic heterocycles. The first-order valence-corrected chi connectivity index (χ1v) is 31.2. The van der Waals surface area contributed by atoms with Gasteiger partial charge in [-0.05, 0) is 0 Å². The van der Waals surface area contributed by atoms with Crippen molar-refractivity contribution in [1.82, 2.24) is 0 Å². The van der Waals surface area contributed by atoms with Crippen LogP contribution in [-0.2, 0) is 28.4 Å². The average Bonchev–Trinajstić information content (AvgIpc) is 3.61. The molecular weight excluding hydrogens is 647 g/mol. The van der Waals surface area contributed by atoms with E-state index in [1.165, 1.54) is 55.7 Å². The fraction of sp³-hybridized carbons (Fsp3) is 0.158. The van der Waals surface area contributed by atoms with Crippen molar-refractivity contribution in [3.8, 4) is 0 Å². The van der Waals surface area contributed by atoms with Crippen molar-refractivity contribution < 1.29 is 15.6 Å². The van der Waals surface area contributed by atoms with Crippen molar-refractivity contribution in [1.29, 1.82) is 0 Å². The van der Waals surface area contributed by atoms with Crippen molar-refractivity contribution in [3.63, 3.8) is 0 Å². The van der Waals surface area contributed by atoms with Crippen LogP contribution in [0.4, 0.5) is 0 Å². The molecule has 42 heavy (non-hydrogen) atoms. The number of allylic oxidation sites excluding steroid dienone is 4. The van der Waals surface area contributed by atoms with E-state index in [-0.39, 0.29) is 7.25 Å². The van der Waals surface area contributed by atoms with Crippen LogP contribution in [0.15, 0.2) is 122 Å². The summed E-state index contributed by atoms with van der Waals surface area (Å²) in [5, 5.41) is 0. The Morgan fingerprint density at radius 3 is 1.38 bits per heavy atom.